The highest BCUT2D eigenvalue weighted by molar-refractivity contribution is 7.47. The van der Waals surface area contributed by atoms with Gasteiger partial charge in [0.15, 0.2) is 6.10 Å². The third-order valence-electron chi connectivity index (χ3n) is 8.20. The van der Waals surface area contributed by atoms with Gasteiger partial charge in [-0.3, -0.25) is 23.4 Å². The van der Waals surface area contributed by atoms with E-state index in [1.165, 1.54) is 70.6 Å². The van der Waals surface area contributed by atoms with Crippen molar-refractivity contribution < 1.29 is 47.5 Å². The maximum absolute atomic E-state index is 12.4. The lowest BCUT2D eigenvalue weighted by atomic mass is 10.1. The maximum atomic E-state index is 12.4. The molecule has 0 heterocycles. The van der Waals surface area contributed by atoms with Gasteiger partial charge in [0.05, 0.1) is 13.2 Å². The van der Waals surface area contributed by atoms with Gasteiger partial charge < -0.3 is 25.2 Å². The summed E-state index contributed by atoms with van der Waals surface area (Å²) in [6.07, 6.45) is 32.7. The molecule has 0 aliphatic rings. The number of esters is 2. The molecule has 3 atom stereocenters. The third-order valence-corrected chi connectivity index (χ3v) is 9.15. The zero-order valence-electron chi connectivity index (χ0n) is 31.2. The zero-order valence-corrected chi connectivity index (χ0v) is 32.1. The van der Waals surface area contributed by atoms with E-state index in [0.29, 0.717) is 12.8 Å². The Labute approximate surface area is 302 Å². The maximum Gasteiger partial charge on any atom is 0.472 e. The molecule has 50 heavy (non-hydrogen) atoms. The third kappa shape index (κ3) is 33.1. The first-order valence-corrected chi connectivity index (χ1v) is 20.9. The summed E-state index contributed by atoms with van der Waals surface area (Å²) in [6.45, 7) is 2.70. The number of allylic oxidation sites excluding steroid dienone is 4. The van der Waals surface area contributed by atoms with Gasteiger partial charge in [0.1, 0.15) is 12.6 Å². The molecule has 0 spiro atoms. The number of carboxylic acid groups (broad SMARTS) is 1. The second-order valence-electron chi connectivity index (χ2n) is 13.1. The van der Waals surface area contributed by atoms with Gasteiger partial charge in [0, 0.05) is 12.8 Å². The van der Waals surface area contributed by atoms with E-state index in [2.05, 4.69) is 42.7 Å². The number of aliphatic carboxylic acids is 1. The Morgan fingerprint density at radius 1 is 0.620 bits per heavy atom. The van der Waals surface area contributed by atoms with Crippen LogP contribution in [0.3, 0.4) is 0 Å². The van der Waals surface area contributed by atoms with Crippen LogP contribution in [0.2, 0.25) is 0 Å². The molecule has 0 saturated carbocycles. The standard InChI is InChI=1S/C38H70NO10P/c1-3-5-7-9-11-12-13-14-15-16-17-18-19-20-21-22-24-25-27-29-36(40)46-31-34(32-47-50(44,45)48-33-35(39)38(42)43)49-37(41)30-28-26-23-10-8-6-4-2/h11-12,14-15,34-35H,3-10,13,16-33,39H2,1-2H3,(H,42,43)(H,44,45)/b12-11+,15-14+/t34-,35+/m0/s1. The fourth-order valence-corrected chi connectivity index (χ4v) is 5.87. The molecule has 0 aromatic carbocycles. The fourth-order valence-electron chi connectivity index (χ4n) is 5.09. The highest BCUT2D eigenvalue weighted by atomic mass is 31.2. The molecule has 0 aliphatic carbocycles. The summed E-state index contributed by atoms with van der Waals surface area (Å²) in [5.41, 5.74) is 5.30. The number of carbonyl (C=O) groups is 3. The number of hydrogen-bond donors (Lipinski definition) is 3. The van der Waals surface area contributed by atoms with Crippen LogP contribution in [0.15, 0.2) is 24.3 Å². The summed E-state index contributed by atoms with van der Waals surface area (Å²) in [5.74, 6) is -2.39. The lowest BCUT2D eigenvalue weighted by molar-refractivity contribution is -0.161. The number of unbranched alkanes of at least 4 members (excludes halogenated alkanes) is 18. The predicted molar refractivity (Wildman–Crippen MR) is 199 cm³/mol. The summed E-state index contributed by atoms with van der Waals surface area (Å²) in [6, 6.07) is -1.52. The molecular weight excluding hydrogens is 661 g/mol. The zero-order chi connectivity index (χ0) is 37.1. The second-order valence-corrected chi connectivity index (χ2v) is 14.5. The number of carboxylic acids is 1. The van der Waals surface area contributed by atoms with E-state index in [1.807, 2.05) is 0 Å². The molecule has 0 amide bonds. The smallest absolute Gasteiger partial charge is 0.472 e. The molecule has 4 N–H and O–H groups in total. The van der Waals surface area contributed by atoms with Crippen molar-refractivity contribution in [2.75, 3.05) is 19.8 Å². The van der Waals surface area contributed by atoms with Crippen LogP contribution in [-0.2, 0) is 37.5 Å². The number of phosphoric acid groups is 1. The quantitative estimate of drug-likeness (QED) is 0.0242. The summed E-state index contributed by atoms with van der Waals surface area (Å²) in [5, 5.41) is 8.84. The molecule has 292 valence electrons. The largest absolute Gasteiger partial charge is 0.480 e. The predicted octanol–water partition coefficient (Wildman–Crippen LogP) is 9.50. The number of hydrogen-bond acceptors (Lipinski definition) is 9. The lowest BCUT2D eigenvalue weighted by Gasteiger charge is -2.20. The van der Waals surface area contributed by atoms with Gasteiger partial charge in [0.2, 0.25) is 0 Å². The minimum Gasteiger partial charge on any atom is -0.480 e. The molecule has 0 aliphatic heterocycles. The Bertz CT molecular complexity index is 958. The molecule has 0 saturated heterocycles. The minimum absolute atomic E-state index is 0.160. The van der Waals surface area contributed by atoms with E-state index >= 15 is 0 Å². The molecule has 0 aromatic heterocycles. The molecule has 0 aromatic rings. The number of carbonyl (C=O) groups excluding carboxylic acids is 2. The van der Waals surface area contributed by atoms with E-state index in [-0.39, 0.29) is 19.4 Å². The highest BCUT2D eigenvalue weighted by Gasteiger charge is 2.28. The van der Waals surface area contributed by atoms with Crippen LogP contribution < -0.4 is 5.73 Å². The van der Waals surface area contributed by atoms with E-state index < -0.39 is 51.1 Å². The van der Waals surface area contributed by atoms with Crippen LogP contribution in [0.5, 0.6) is 0 Å². The van der Waals surface area contributed by atoms with E-state index in [1.54, 1.807) is 0 Å². The number of phosphoric ester groups is 1. The van der Waals surface area contributed by atoms with Gasteiger partial charge in [-0.15, -0.1) is 0 Å². The van der Waals surface area contributed by atoms with Crippen molar-refractivity contribution in [3.8, 4) is 0 Å². The molecule has 0 bridgehead atoms. The van der Waals surface area contributed by atoms with Crippen LogP contribution >= 0.6 is 7.82 Å². The van der Waals surface area contributed by atoms with Crippen molar-refractivity contribution >= 4 is 25.7 Å². The average Bonchev–Trinajstić information content (AvgIpc) is 3.09. The van der Waals surface area contributed by atoms with Crippen LogP contribution in [0, 0.1) is 0 Å². The van der Waals surface area contributed by atoms with Crippen molar-refractivity contribution in [3.05, 3.63) is 24.3 Å². The molecule has 12 heteroatoms. The Kier molecular flexibility index (Phi) is 32.7. The Morgan fingerprint density at radius 2 is 1.06 bits per heavy atom. The highest BCUT2D eigenvalue weighted by Crippen LogP contribution is 2.43. The normalized spacial score (nSPS) is 14.2. The average molecular weight is 732 g/mol. The minimum atomic E-state index is -4.70. The van der Waals surface area contributed by atoms with Crippen molar-refractivity contribution in [2.24, 2.45) is 5.73 Å². The van der Waals surface area contributed by atoms with Crippen molar-refractivity contribution in [1.29, 1.82) is 0 Å². The summed E-state index contributed by atoms with van der Waals surface area (Å²) in [7, 11) is -4.70. The first kappa shape index (κ1) is 48.0. The van der Waals surface area contributed by atoms with Gasteiger partial charge >= 0.3 is 25.7 Å². The van der Waals surface area contributed by atoms with Crippen LogP contribution in [-0.4, -0.2) is 59.9 Å². The molecule has 0 rings (SSSR count). The molecule has 11 nitrogen and oxygen atoms in total. The number of nitrogens with two attached hydrogens (primary N) is 1. The monoisotopic (exact) mass is 731 g/mol. The summed E-state index contributed by atoms with van der Waals surface area (Å²) < 4.78 is 32.4. The summed E-state index contributed by atoms with van der Waals surface area (Å²) >= 11 is 0. The SMILES string of the molecule is CCCCC/C=C/C/C=C/CCCCCCCCCCCC(=O)OC[C@@H](COP(=O)(O)OC[C@@H](N)C(=O)O)OC(=O)CCCCCCCCC. The van der Waals surface area contributed by atoms with Gasteiger partial charge in [-0.25, -0.2) is 4.57 Å². The van der Waals surface area contributed by atoms with Crippen LogP contribution in [0.4, 0.5) is 0 Å². The first-order valence-electron chi connectivity index (χ1n) is 19.4. The van der Waals surface area contributed by atoms with Gasteiger partial charge in [-0.05, 0) is 44.9 Å². The van der Waals surface area contributed by atoms with Crippen LogP contribution in [0.25, 0.3) is 0 Å². The molecule has 0 radical (unpaired) electrons. The molecule has 0 fully saturated rings. The molecular formula is C38H70NO10P. The first-order chi connectivity index (χ1) is 24.1. The number of rotatable bonds is 36. The summed E-state index contributed by atoms with van der Waals surface area (Å²) in [4.78, 5) is 45.6. The lowest BCUT2D eigenvalue weighted by Crippen LogP contribution is -2.34. The fraction of sp³-hybridized carbons (Fsp3) is 0.816. The van der Waals surface area contributed by atoms with Crippen molar-refractivity contribution in [3.63, 3.8) is 0 Å². The van der Waals surface area contributed by atoms with E-state index in [4.69, 9.17) is 24.8 Å². The van der Waals surface area contributed by atoms with Crippen molar-refractivity contribution in [2.45, 2.75) is 180 Å². The van der Waals surface area contributed by atoms with E-state index in [9.17, 15) is 23.8 Å². The second kappa shape index (κ2) is 34.1. The van der Waals surface area contributed by atoms with E-state index in [0.717, 1.165) is 57.8 Å². The van der Waals surface area contributed by atoms with Gasteiger partial charge in [-0.2, -0.15) is 0 Å². The Balaban J connectivity index is 4.26. The Hall–Kier alpha value is -2.04. The van der Waals surface area contributed by atoms with Gasteiger partial charge in [0.25, 0.3) is 0 Å². The Morgan fingerprint density at radius 3 is 1.60 bits per heavy atom. The van der Waals surface area contributed by atoms with Gasteiger partial charge in [-0.1, -0.05) is 134 Å². The topological polar surface area (TPSA) is 172 Å². The van der Waals surface area contributed by atoms with Crippen LogP contribution in [0.1, 0.15) is 168 Å². The number of ether oxygens (including phenoxy) is 2. The molecule has 1 unspecified atom stereocenters. The van der Waals surface area contributed by atoms with Crippen molar-refractivity contribution in [1.82, 2.24) is 0 Å².